The molecule has 11 rings (SSSR count). The van der Waals surface area contributed by atoms with Crippen LogP contribution < -0.4 is 16.4 Å². The molecule has 186 valence electrons. The van der Waals surface area contributed by atoms with Crippen LogP contribution in [0.1, 0.15) is 0 Å². The summed E-state index contributed by atoms with van der Waals surface area (Å²) >= 11 is 0. The number of nitrogens with zero attached hydrogens (tertiary/aromatic N) is 2. The zero-order chi connectivity index (χ0) is 26.4. The van der Waals surface area contributed by atoms with Crippen molar-refractivity contribution in [1.29, 1.82) is 0 Å². The summed E-state index contributed by atoms with van der Waals surface area (Å²) in [5.41, 5.74) is 12.1. The summed E-state index contributed by atoms with van der Waals surface area (Å²) in [5.74, 6) is 0. The number of benzene rings is 7. The van der Waals surface area contributed by atoms with Crippen LogP contribution in [0.5, 0.6) is 0 Å². The van der Waals surface area contributed by atoms with Gasteiger partial charge in [0.2, 0.25) is 0 Å². The van der Waals surface area contributed by atoms with Crippen molar-refractivity contribution in [3.05, 3.63) is 127 Å². The molecular formula is C38H21BN2. The molecule has 0 N–H and O–H groups in total. The maximum Gasteiger partial charge on any atom is 0.252 e. The monoisotopic (exact) mass is 516 g/mol. The van der Waals surface area contributed by atoms with Gasteiger partial charge in [0, 0.05) is 44.0 Å². The molecule has 9 aromatic rings. The minimum Gasteiger partial charge on any atom is -0.310 e. The number of fused-ring (bicyclic) bond motifs is 14. The normalized spacial score (nSPS) is 13.3. The van der Waals surface area contributed by atoms with Gasteiger partial charge in [-0.05, 0) is 62.2 Å². The van der Waals surface area contributed by atoms with Crippen molar-refractivity contribution in [1.82, 2.24) is 9.13 Å². The standard InChI is InChI=1S/C38H21BN2/c1-3-10-24-22(8-1)18-20-30-34(24)26-12-5-14-28-37(26)40(30)32-16-7-17-33-36(32)39(28)29-15-6-13-27-35-25-11-4-2-9-23(25)19-21-31(35)41(33)38(27)29/h1-21H. The zero-order valence-electron chi connectivity index (χ0n) is 22.1. The fourth-order valence-corrected chi connectivity index (χ4v) is 8.40. The number of rotatable bonds is 0. The summed E-state index contributed by atoms with van der Waals surface area (Å²) in [7, 11) is 0. The van der Waals surface area contributed by atoms with Crippen LogP contribution in [-0.4, -0.2) is 15.8 Å². The summed E-state index contributed by atoms with van der Waals surface area (Å²) in [6.45, 7) is 0.180. The molecule has 0 aliphatic carbocycles. The van der Waals surface area contributed by atoms with Crippen LogP contribution in [0.3, 0.4) is 0 Å². The van der Waals surface area contributed by atoms with E-state index in [9.17, 15) is 0 Å². The highest BCUT2D eigenvalue weighted by Crippen LogP contribution is 2.41. The van der Waals surface area contributed by atoms with Gasteiger partial charge in [-0.1, -0.05) is 103 Å². The van der Waals surface area contributed by atoms with E-state index in [0.29, 0.717) is 0 Å². The van der Waals surface area contributed by atoms with Crippen LogP contribution in [0.25, 0.3) is 76.5 Å². The molecule has 0 radical (unpaired) electrons. The number of hydrogen-bond acceptors (Lipinski definition) is 0. The Morgan fingerprint density at radius 2 is 0.854 bits per heavy atom. The Bertz CT molecular complexity index is 2470. The Kier molecular flexibility index (Phi) is 3.46. The number of aromatic nitrogens is 2. The zero-order valence-corrected chi connectivity index (χ0v) is 22.1. The van der Waals surface area contributed by atoms with Crippen molar-refractivity contribution in [2.45, 2.75) is 0 Å². The minimum absolute atomic E-state index is 0.180. The Balaban J connectivity index is 1.38. The summed E-state index contributed by atoms with van der Waals surface area (Å²) in [4.78, 5) is 0. The lowest BCUT2D eigenvalue weighted by atomic mass is 9.34. The highest BCUT2D eigenvalue weighted by Gasteiger charge is 2.40. The molecule has 0 atom stereocenters. The Hall–Kier alpha value is -5.28. The summed E-state index contributed by atoms with van der Waals surface area (Å²) in [5, 5.41) is 10.6. The van der Waals surface area contributed by atoms with Gasteiger partial charge in [0.25, 0.3) is 6.71 Å². The lowest BCUT2D eigenvalue weighted by Gasteiger charge is -2.33. The maximum atomic E-state index is 2.55. The first-order chi connectivity index (χ1) is 20.4. The molecule has 0 saturated heterocycles. The molecule has 0 unspecified atom stereocenters. The van der Waals surface area contributed by atoms with E-state index < -0.39 is 0 Å². The molecule has 0 amide bonds. The third-order valence-corrected chi connectivity index (χ3v) is 9.87. The van der Waals surface area contributed by atoms with Gasteiger partial charge in [-0.15, -0.1) is 0 Å². The average molecular weight is 516 g/mol. The van der Waals surface area contributed by atoms with E-state index in [0.717, 1.165) is 0 Å². The van der Waals surface area contributed by atoms with Crippen LogP contribution in [-0.2, 0) is 0 Å². The summed E-state index contributed by atoms with van der Waals surface area (Å²) in [6.07, 6.45) is 0. The van der Waals surface area contributed by atoms with E-state index in [1.165, 1.54) is 92.9 Å². The van der Waals surface area contributed by atoms with E-state index in [1.807, 2.05) is 0 Å². The highest BCUT2D eigenvalue weighted by molar-refractivity contribution is 7.00. The van der Waals surface area contributed by atoms with Gasteiger partial charge in [0.1, 0.15) is 0 Å². The SMILES string of the molecule is c1cc2c3c(c1)-n1c4ccc5ccccc5c4c4cccc(c41)B3c1cccc3c4c5ccccc5ccc4n-2c13. The van der Waals surface area contributed by atoms with Gasteiger partial charge in [0.15, 0.2) is 0 Å². The predicted octanol–water partition coefficient (Wildman–Crippen LogP) is 7.33. The molecule has 2 nitrogen and oxygen atoms in total. The molecule has 0 spiro atoms. The third-order valence-electron chi connectivity index (χ3n) is 9.87. The topological polar surface area (TPSA) is 9.86 Å². The van der Waals surface area contributed by atoms with E-state index in [1.54, 1.807) is 0 Å². The molecule has 7 aromatic carbocycles. The predicted molar refractivity (Wildman–Crippen MR) is 175 cm³/mol. The van der Waals surface area contributed by atoms with Gasteiger partial charge in [-0.2, -0.15) is 0 Å². The minimum atomic E-state index is 0.180. The molecule has 2 aliphatic rings. The molecule has 0 bridgehead atoms. The first-order valence-corrected chi connectivity index (χ1v) is 14.4. The molecule has 0 fully saturated rings. The van der Waals surface area contributed by atoms with Gasteiger partial charge < -0.3 is 9.13 Å². The van der Waals surface area contributed by atoms with Crippen molar-refractivity contribution in [2.24, 2.45) is 0 Å². The third kappa shape index (κ3) is 2.24. The van der Waals surface area contributed by atoms with E-state index in [-0.39, 0.29) is 6.71 Å². The smallest absolute Gasteiger partial charge is 0.252 e. The molecule has 4 heterocycles. The largest absolute Gasteiger partial charge is 0.310 e. The Labute approximate surface area is 235 Å². The Morgan fingerprint density at radius 1 is 0.390 bits per heavy atom. The van der Waals surface area contributed by atoms with E-state index in [4.69, 9.17) is 0 Å². The fraction of sp³-hybridized carbons (Fsp3) is 0. The van der Waals surface area contributed by atoms with Crippen molar-refractivity contribution in [2.75, 3.05) is 0 Å². The van der Waals surface area contributed by atoms with Crippen LogP contribution in [0.15, 0.2) is 127 Å². The van der Waals surface area contributed by atoms with Crippen LogP contribution in [0, 0.1) is 0 Å². The van der Waals surface area contributed by atoms with E-state index in [2.05, 4.69) is 137 Å². The lowest BCUT2D eigenvalue weighted by molar-refractivity contribution is 1.14. The molecular weight excluding hydrogens is 495 g/mol. The van der Waals surface area contributed by atoms with E-state index >= 15 is 0 Å². The molecule has 2 aromatic heterocycles. The Morgan fingerprint density at radius 3 is 1.39 bits per heavy atom. The summed E-state index contributed by atoms with van der Waals surface area (Å²) in [6, 6.07) is 47.7. The second-order valence-electron chi connectivity index (χ2n) is 11.7. The maximum absolute atomic E-state index is 2.55. The molecule has 3 heteroatoms. The van der Waals surface area contributed by atoms with Gasteiger partial charge in [-0.3, -0.25) is 0 Å². The average Bonchev–Trinajstić information content (AvgIpc) is 3.56. The van der Waals surface area contributed by atoms with Crippen molar-refractivity contribution in [3.8, 4) is 11.4 Å². The summed E-state index contributed by atoms with van der Waals surface area (Å²) < 4.78 is 5.10. The van der Waals surface area contributed by atoms with Crippen LogP contribution in [0.2, 0.25) is 0 Å². The first-order valence-electron chi connectivity index (χ1n) is 14.4. The van der Waals surface area contributed by atoms with Crippen molar-refractivity contribution >= 4 is 88.3 Å². The fourth-order valence-electron chi connectivity index (χ4n) is 8.40. The van der Waals surface area contributed by atoms with Gasteiger partial charge in [-0.25, -0.2) is 0 Å². The number of para-hydroxylation sites is 2. The molecule has 0 saturated carbocycles. The second kappa shape index (κ2) is 6.89. The van der Waals surface area contributed by atoms with Gasteiger partial charge in [0.05, 0.1) is 11.0 Å². The first kappa shape index (κ1) is 20.6. The molecule has 2 aliphatic heterocycles. The lowest BCUT2D eigenvalue weighted by Crippen LogP contribution is -2.59. The number of hydrogen-bond donors (Lipinski definition) is 0. The van der Waals surface area contributed by atoms with Crippen LogP contribution in [0.4, 0.5) is 0 Å². The second-order valence-corrected chi connectivity index (χ2v) is 11.7. The van der Waals surface area contributed by atoms with Crippen molar-refractivity contribution < 1.29 is 0 Å². The van der Waals surface area contributed by atoms with Crippen LogP contribution >= 0.6 is 0 Å². The highest BCUT2D eigenvalue weighted by atomic mass is 15.0. The van der Waals surface area contributed by atoms with Crippen molar-refractivity contribution in [3.63, 3.8) is 0 Å². The van der Waals surface area contributed by atoms with Gasteiger partial charge >= 0.3 is 0 Å². The molecule has 41 heavy (non-hydrogen) atoms. The quantitative estimate of drug-likeness (QED) is 0.187.